The number of aliphatic hydroxyl groups excluding tert-OH is 1. The molecular weight excluding hydrogens is 1760 g/mol. The van der Waals surface area contributed by atoms with Crippen molar-refractivity contribution >= 4 is 129 Å². The number of likely N-dealkylation sites (N-methyl/N-ethyl adjacent to an activating group) is 4. The van der Waals surface area contributed by atoms with Gasteiger partial charge in [-0.25, -0.2) is 4.98 Å². The highest BCUT2D eigenvalue weighted by molar-refractivity contribution is 8.00. The predicted octanol–water partition coefficient (Wildman–Crippen LogP) is -0.952. The van der Waals surface area contributed by atoms with E-state index in [1.54, 1.807) is 86.8 Å². The molecule has 0 spiro atoms. The van der Waals surface area contributed by atoms with Gasteiger partial charge >= 0.3 is 0 Å². The molecule has 0 saturated carbocycles. The van der Waals surface area contributed by atoms with Gasteiger partial charge in [0.1, 0.15) is 78.5 Å². The summed E-state index contributed by atoms with van der Waals surface area (Å²) in [5, 5.41) is 48.9. The van der Waals surface area contributed by atoms with Crippen molar-refractivity contribution < 1.29 is 86.6 Å². The molecule has 1 unspecified atom stereocenters. The molecule has 2 aromatic heterocycles. The maximum absolute atomic E-state index is 15.7. The second-order valence-corrected chi connectivity index (χ2v) is 35.4. The van der Waals surface area contributed by atoms with Crippen LogP contribution in [0.3, 0.4) is 0 Å². The Bertz CT molecular complexity index is 5110. The lowest BCUT2D eigenvalue weighted by molar-refractivity contribution is -0.149. The number of hydrogen-bond donors (Lipinski definition) is 18. The number of benzene rings is 4. The molecule has 17 amide bonds. The van der Waals surface area contributed by atoms with Gasteiger partial charge in [-0.15, -0.1) is 11.8 Å². The Kier molecular flexibility index (Phi) is 41.5. The van der Waals surface area contributed by atoms with E-state index in [9.17, 15) is 62.6 Å². The number of aliphatic hydroxyl groups is 1. The topological polar surface area (TPSA) is 605 Å². The molecule has 6 aromatic rings. The van der Waals surface area contributed by atoms with Crippen LogP contribution < -0.4 is 75.7 Å². The van der Waals surface area contributed by atoms with Gasteiger partial charge < -0.3 is 115 Å². The average molecular weight is 1890 g/mol. The van der Waals surface area contributed by atoms with E-state index in [1.165, 1.54) is 47.6 Å². The number of primary amides is 2. The number of nitrogens with zero attached hydrogens (tertiary/aromatic N) is 6. The number of rotatable bonds is 27. The number of amides is 17. The van der Waals surface area contributed by atoms with Gasteiger partial charge in [-0.1, -0.05) is 157 Å². The molecule has 730 valence electrons. The zero-order valence-electron chi connectivity index (χ0n) is 77.7. The van der Waals surface area contributed by atoms with E-state index in [0.717, 1.165) is 47.4 Å². The number of para-hydroxylation sites is 1. The summed E-state index contributed by atoms with van der Waals surface area (Å²) in [6.45, 7) is 5.93. The van der Waals surface area contributed by atoms with Crippen LogP contribution in [0, 0.1) is 11.3 Å². The normalized spacial score (nSPS) is 23.2. The van der Waals surface area contributed by atoms with E-state index < -0.39 is 223 Å². The van der Waals surface area contributed by atoms with E-state index in [1.807, 2.05) is 56.3 Å². The first-order valence-electron chi connectivity index (χ1n) is 45.3. The minimum absolute atomic E-state index is 0.000147. The van der Waals surface area contributed by atoms with Gasteiger partial charge in [0.2, 0.25) is 100 Å². The SMILES string of the molecule is CCCCC1C(=O)N(C)[C@@H](CCCC)C(=O)N[C@@H](CCCNC(=N)N)C(=O)N[C@H](C(=O)NCC(N)=O)CSCC(=O)N[C@@H](Cc2ccccc2)C(=O)N(C)[C@@H](C)C(=O)N[C@@H](CC(N)=O)C(=O)N2CCC[C@H]2C(=O)N[C@@H](Cc2cnc[nH]2)C(=O)N[C@@H](CC(C)C)C(=O)N(C)CC(=O)N[C@@H](Cc2c[nH]c3ccccc23)C(=O)N[C@@H](CO)C(=O)N[C@@H](Cc2ccc(-c3ccccc3)cc2)C(=O)N1C. The fourth-order valence-electron chi connectivity index (χ4n) is 16.0. The molecule has 42 heteroatoms. The summed E-state index contributed by atoms with van der Waals surface area (Å²) in [5.74, 6) is -17.1. The van der Waals surface area contributed by atoms with Crippen molar-refractivity contribution in [2.75, 3.05) is 72.5 Å². The van der Waals surface area contributed by atoms with Crippen LogP contribution in [0.4, 0.5) is 0 Å². The number of nitrogens with one attached hydrogen (secondary N) is 14. The van der Waals surface area contributed by atoms with Crippen molar-refractivity contribution in [1.29, 1.82) is 5.41 Å². The van der Waals surface area contributed by atoms with Gasteiger partial charge in [0.25, 0.3) is 0 Å². The Labute approximate surface area is 788 Å². The molecule has 13 atom stereocenters. The number of guanidine groups is 1. The number of hydrogen-bond acceptors (Lipinski definition) is 21. The second-order valence-electron chi connectivity index (χ2n) is 34.4. The highest BCUT2D eigenvalue weighted by atomic mass is 32.2. The van der Waals surface area contributed by atoms with Gasteiger partial charge in [0.15, 0.2) is 5.96 Å². The van der Waals surface area contributed by atoms with Crippen molar-refractivity contribution in [3.8, 4) is 11.1 Å². The van der Waals surface area contributed by atoms with Crippen molar-refractivity contribution in [3.05, 3.63) is 150 Å². The zero-order chi connectivity index (χ0) is 98.7. The second kappa shape index (κ2) is 52.6. The third-order valence-electron chi connectivity index (χ3n) is 23.5. The van der Waals surface area contributed by atoms with Crippen LogP contribution in [0.1, 0.15) is 134 Å². The van der Waals surface area contributed by atoms with Crippen LogP contribution in [-0.4, -0.2) is 302 Å². The van der Waals surface area contributed by atoms with Crippen molar-refractivity contribution in [1.82, 2.24) is 97.9 Å². The van der Waals surface area contributed by atoms with Gasteiger partial charge in [-0.2, -0.15) is 0 Å². The van der Waals surface area contributed by atoms with E-state index in [-0.39, 0.29) is 89.6 Å². The number of aromatic amines is 2. The molecule has 135 heavy (non-hydrogen) atoms. The first-order chi connectivity index (χ1) is 64.4. The molecule has 0 bridgehead atoms. The van der Waals surface area contributed by atoms with Gasteiger partial charge in [0, 0.05) is 102 Å². The third kappa shape index (κ3) is 32.0. The molecule has 21 N–H and O–H groups in total. The number of unbranched alkanes of at least 4 members (excludes halogenated alkanes) is 2. The monoisotopic (exact) mass is 1890 g/mol. The van der Waals surface area contributed by atoms with E-state index in [2.05, 4.69) is 73.4 Å². The minimum atomic E-state index is -1.85. The molecule has 0 aliphatic carbocycles. The Balaban J connectivity index is 1.19. The number of thioether (sulfide) groups is 1. The molecule has 2 fully saturated rings. The standard InChI is InChI=1S/C93H129N23O18S/c1-10-12-31-73-86(128)105-64(30-22-38-99-93(96)97)82(124)111-72(81(123)101-48-77(95)119)51-135-52-79(121)104-68(41-56-24-16-14-17-25-56)89(131)113(7)55(5)80(122)107-70(45-76(94)118)91(133)116-39-23-33-74(116)87(129)106-66(44-61-47-98-53-102-61)84(126)108-67(40-54(3)4)88(130)112(6)49-78(120)103-65(43-60-46-100-63-29-21-20-28-62(60)63)83(125)110-71(50-117)85(127)109-69(90(132)115(9)75(32-13-11-2)92(134)114(73)8)42-57-34-36-59(37-35-57)58-26-18-15-19-27-58/h14-21,24-29,34-37,46-47,53-55,64-75,100,117H,10-13,22-23,30-33,38-45,48-52H2,1-9H3,(H2,94,118)(H2,95,119)(H,98,102)(H,101,123)(H,103,120)(H,104,121)(H,105,128)(H,106,129)(H,107,122)(H,108,126)(H,109,127)(H,110,125)(H,111,124)(H4,96,97,99)/t55-,64-,65-,66-,67-,68-,69-,70-,71-,72-,73-,74-,75?/m0/s1. The molecule has 4 aromatic carbocycles. The van der Waals surface area contributed by atoms with Crippen LogP contribution in [0.5, 0.6) is 0 Å². The van der Waals surface area contributed by atoms with E-state index in [0.29, 0.717) is 59.0 Å². The number of imidazole rings is 1. The van der Waals surface area contributed by atoms with Crippen LogP contribution in [0.25, 0.3) is 22.0 Å². The Morgan fingerprint density at radius 3 is 1.72 bits per heavy atom. The van der Waals surface area contributed by atoms with Crippen LogP contribution in [-0.2, 0) is 107 Å². The van der Waals surface area contributed by atoms with Crippen molar-refractivity contribution in [3.63, 3.8) is 0 Å². The molecular formula is C93H129N23O18S. The van der Waals surface area contributed by atoms with Crippen molar-refractivity contribution in [2.45, 2.75) is 216 Å². The number of aromatic nitrogens is 3. The smallest absolute Gasteiger partial charge is 0.246 e. The third-order valence-corrected chi connectivity index (χ3v) is 24.6. The summed E-state index contributed by atoms with van der Waals surface area (Å²) in [6.07, 6.45) is 4.36. The summed E-state index contributed by atoms with van der Waals surface area (Å²) in [7, 11) is 5.26. The maximum Gasteiger partial charge on any atom is 0.246 e. The highest BCUT2D eigenvalue weighted by Crippen LogP contribution is 2.26. The molecule has 0 radical (unpaired) electrons. The van der Waals surface area contributed by atoms with Gasteiger partial charge in [0.05, 0.1) is 38.2 Å². The first-order valence-corrected chi connectivity index (χ1v) is 46.4. The van der Waals surface area contributed by atoms with Crippen LogP contribution in [0.15, 0.2) is 128 Å². The van der Waals surface area contributed by atoms with Gasteiger partial charge in [-0.3, -0.25) is 86.9 Å². The fourth-order valence-corrected chi connectivity index (χ4v) is 16.8. The van der Waals surface area contributed by atoms with E-state index in [4.69, 9.17) is 22.6 Å². The van der Waals surface area contributed by atoms with Gasteiger partial charge in [-0.05, 0) is 91.7 Å². The molecule has 4 heterocycles. The lowest BCUT2D eigenvalue weighted by atomic mass is 9.98. The summed E-state index contributed by atoms with van der Waals surface area (Å²) >= 11 is 0.795. The van der Waals surface area contributed by atoms with Crippen molar-refractivity contribution in [2.24, 2.45) is 23.1 Å². The lowest BCUT2D eigenvalue weighted by Crippen LogP contribution is -2.61. The number of H-pyrrole nitrogens is 2. The number of carbonyl (C=O) groups is 17. The first kappa shape index (κ1) is 107. The Hall–Kier alpha value is -13.8. The number of carbonyl (C=O) groups excluding carboxylic acids is 17. The zero-order valence-corrected chi connectivity index (χ0v) is 78.5. The Morgan fingerprint density at radius 1 is 0.533 bits per heavy atom. The summed E-state index contributed by atoms with van der Waals surface area (Å²) in [4.78, 5) is 264. The summed E-state index contributed by atoms with van der Waals surface area (Å²) in [5.41, 5.74) is 21.1. The molecule has 2 aliphatic heterocycles. The van der Waals surface area contributed by atoms with Crippen LogP contribution in [0.2, 0.25) is 0 Å². The quantitative estimate of drug-likeness (QED) is 0.0168. The summed E-state index contributed by atoms with van der Waals surface area (Å²) in [6, 6.07) is 12.3. The van der Waals surface area contributed by atoms with Crippen LogP contribution >= 0.6 is 11.8 Å². The predicted molar refractivity (Wildman–Crippen MR) is 503 cm³/mol. The lowest BCUT2D eigenvalue weighted by Gasteiger charge is -2.36. The molecule has 2 aliphatic rings. The highest BCUT2D eigenvalue weighted by Gasteiger charge is 2.44. The average Bonchev–Trinajstić information content (AvgIpc) is 1.80. The minimum Gasteiger partial charge on any atom is -0.394 e. The largest absolute Gasteiger partial charge is 0.394 e. The van der Waals surface area contributed by atoms with E-state index >= 15 is 24.0 Å². The molecule has 41 nitrogen and oxygen atoms in total. The maximum atomic E-state index is 15.7. The summed E-state index contributed by atoms with van der Waals surface area (Å²) < 4.78 is 0. The molecule has 2 saturated heterocycles. The Morgan fingerprint density at radius 2 is 1.09 bits per heavy atom. The molecule has 8 rings (SSSR count). The fraction of sp³-hybridized carbons (Fsp3) is 0.495. The number of fused-ring (bicyclic) bond motifs is 2. The number of nitrogens with two attached hydrogens (primary N) is 3.